The largest absolute Gasteiger partial charge is 0.466 e. The first-order chi connectivity index (χ1) is 9.08. The van der Waals surface area contributed by atoms with E-state index in [1.807, 2.05) is 6.92 Å². The fraction of sp³-hybridized carbons (Fsp3) is 0.938. The van der Waals surface area contributed by atoms with Crippen molar-refractivity contribution in [1.29, 1.82) is 0 Å². The lowest BCUT2D eigenvalue weighted by Crippen LogP contribution is -2.53. The molecule has 1 aliphatic rings. The molecule has 1 aliphatic carbocycles. The van der Waals surface area contributed by atoms with Crippen LogP contribution in [0.4, 0.5) is 0 Å². The summed E-state index contributed by atoms with van der Waals surface area (Å²) in [5.41, 5.74) is -0.0316. The van der Waals surface area contributed by atoms with Crippen LogP contribution < -0.4 is 0 Å². The monoisotopic (exact) mass is 269 g/mol. The summed E-state index contributed by atoms with van der Waals surface area (Å²) < 4.78 is 5.20. The van der Waals surface area contributed by atoms with E-state index in [-0.39, 0.29) is 11.5 Å². The predicted octanol–water partition coefficient (Wildman–Crippen LogP) is 3.62. The van der Waals surface area contributed by atoms with Crippen LogP contribution in [0.2, 0.25) is 0 Å². The molecule has 1 saturated carbocycles. The van der Waals surface area contributed by atoms with Gasteiger partial charge in [-0.2, -0.15) is 0 Å². The van der Waals surface area contributed by atoms with Crippen molar-refractivity contribution in [2.75, 3.05) is 19.7 Å². The van der Waals surface area contributed by atoms with Crippen molar-refractivity contribution < 1.29 is 9.53 Å². The minimum absolute atomic E-state index is 0.0316. The fourth-order valence-electron chi connectivity index (χ4n) is 3.69. The summed E-state index contributed by atoms with van der Waals surface area (Å²) in [6.45, 7) is 11.0. The number of ether oxygens (including phenoxy) is 1. The molecule has 0 aromatic rings. The maximum absolute atomic E-state index is 12.0. The Hall–Kier alpha value is -0.570. The Morgan fingerprint density at radius 1 is 1.16 bits per heavy atom. The Morgan fingerprint density at radius 3 is 2.21 bits per heavy atom. The number of nitrogens with zero attached hydrogens (tertiary/aromatic N) is 1. The molecule has 0 saturated heterocycles. The normalized spacial score (nSPS) is 20.3. The molecule has 1 rings (SSSR count). The van der Waals surface area contributed by atoms with Gasteiger partial charge in [0.1, 0.15) is 0 Å². The molecular weight excluding hydrogens is 238 g/mol. The van der Waals surface area contributed by atoms with Crippen molar-refractivity contribution in [2.24, 2.45) is 5.92 Å². The van der Waals surface area contributed by atoms with E-state index in [4.69, 9.17) is 4.74 Å². The third kappa shape index (κ3) is 4.20. The third-order valence-corrected chi connectivity index (χ3v) is 4.78. The highest BCUT2D eigenvalue weighted by atomic mass is 16.5. The molecule has 1 atom stereocenters. The van der Waals surface area contributed by atoms with Crippen LogP contribution in [0.1, 0.15) is 66.2 Å². The molecule has 0 heterocycles. The van der Waals surface area contributed by atoms with Crippen LogP contribution in [0.15, 0.2) is 0 Å². The number of esters is 1. The second-order valence-electron chi connectivity index (χ2n) is 5.85. The molecule has 0 aliphatic heterocycles. The molecule has 0 amide bonds. The molecule has 1 fully saturated rings. The molecule has 0 bridgehead atoms. The average molecular weight is 269 g/mol. The molecular formula is C16H31NO2. The highest BCUT2D eigenvalue weighted by Crippen LogP contribution is 2.38. The molecule has 3 nitrogen and oxygen atoms in total. The third-order valence-electron chi connectivity index (χ3n) is 4.78. The summed E-state index contributed by atoms with van der Waals surface area (Å²) in [5, 5.41) is 0. The van der Waals surface area contributed by atoms with Crippen LogP contribution in [0, 0.1) is 5.92 Å². The van der Waals surface area contributed by atoms with Crippen molar-refractivity contribution >= 4 is 5.97 Å². The van der Waals surface area contributed by atoms with E-state index in [0.29, 0.717) is 18.9 Å². The first-order valence-electron chi connectivity index (χ1n) is 7.99. The summed E-state index contributed by atoms with van der Waals surface area (Å²) in [6, 6.07) is 0. The highest BCUT2D eigenvalue weighted by molar-refractivity contribution is 5.71. The minimum Gasteiger partial charge on any atom is -0.466 e. The zero-order valence-corrected chi connectivity index (χ0v) is 13.2. The summed E-state index contributed by atoms with van der Waals surface area (Å²) in [6.07, 6.45) is 7.02. The quantitative estimate of drug-likeness (QED) is 0.661. The van der Waals surface area contributed by atoms with Crippen molar-refractivity contribution in [2.45, 2.75) is 71.8 Å². The van der Waals surface area contributed by atoms with Gasteiger partial charge >= 0.3 is 5.97 Å². The standard InChI is InChI=1S/C16H31NO2/c1-5-17(6-2)16(4,13-15(18)19-7-3)14-11-9-8-10-12-14/h14H,5-13H2,1-4H3. The van der Waals surface area contributed by atoms with Gasteiger partial charge in [0.15, 0.2) is 0 Å². The van der Waals surface area contributed by atoms with Crippen molar-refractivity contribution in [3.05, 3.63) is 0 Å². The van der Waals surface area contributed by atoms with E-state index in [0.717, 1.165) is 13.1 Å². The summed E-state index contributed by atoms with van der Waals surface area (Å²) in [5.74, 6) is 0.591. The van der Waals surface area contributed by atoms with Gasteiger partial charge in [0.2, 0.25) is 0 Å². The lowest BCUT2D eigenvalue weighted by Gasteiger charge is -2.47. The maximum atomic E-state index is 12.0. The Balaban J connectivity index is 2.84. The van der Waals surface area contributed by atoms with Gasteiger partial charge in [-0.1, -0.05) is 33.1 Å². The van der Waals surface area contributed by atoms with E-state index in [1.54, 1.807) is 0 Å². The minimum atomic E-state index is -0.0394. The van der Waals surface area contributed by atoms with Gasteiger partial charge in [-0.15, -0.1) is 0 Å². The van der Waals surface area contributed by atoms with Gasteiger partial charge in [-0.3, -0.25) is 9.69 Å². The van der Waals surface area contributed by atoms with Gasteiger partial charge in [-0.05, 0) is 45.7 Å². The van der Waals surface area contributed by atoms with E-state index >= 15 is 0 Å². The fourth-order valence-corrected chi connectivity index (χ4v) is 3.69. The van der Waals surface area contributed by atoms with Gasteiger partial charge in [0.25, 0.3) is 0 Å². The SMILES string of the molecule is CCOC(=O)CC(C)(C1CCCCC1)N(CC)CC. The van der Waals surface area contributed by atoms with Crippen LogP contribution in [0.25, 0.3) is 0 Å². The van der Waals surface area contributed by atoms with Gasteiger partial charge < -0.3 is 4.74 Å². The highest BCUT2D eigenvalue weighted by Gasteiger charge is 2.40. The second kappa shape index (κ2) is 7.88. The van der Waals surface area contributed by atoms with Crippen molar-refractivity contribution in [3.63, 3.8) is 0 Å². The first kappa shape index (κ1) is 16.5. The summed E-state index contributed by atoms with van der Waals surface area (Å²) in [4.78, 5) is 14.4. The predicted molar refractivity (Wildman–Crippen MR) is 79.2 cm³/mol. The number of carbonyl (C=O) groups is 1. The molecule has 0 aromatic carbocycles. The smallest absolute Gasteiger partial charge is 0.307 e. The molecule has 0 radical (unpaired) electrons. The van der Waals surface area contributed by atoms with Crippen molar-refractivity contribution in [1.82, 2.24) is 4.90 Å². The van der Waals surface area contributed by atoms with Crippen LogP contribution in [-0.4, -0.2) is 36.1 Å². The Labute approximate surface area is 118 Å². The van der Waals surface area contributed by atoms with Crippen LogP contribution in [-0.2, 0) is 9.53 Å². The Bertz CT molecular complexity index is 270. The van der Waals surface area contributed by atoms with Gasteiger partial charge in [0, 0.05) is 5.54 Å². The number of hydrogen-bond acceptors (Lipinski definition) is 3. The molecule has 19 heavy (non-hydrogen) atoms. The average Bonchev–Trinajstić information content (AvgIpc) is 2.41. The zero-order chi connectivity index (χ0) is 14.3. The summed E-state index contributed by atoms with van der Waals surface area (Å²) >= 11 is 0. The maximum Gasteiger partial charge on any atom is 0.307 e. The molecule has 1 unspecified atom stereocenters. The van der Waals surface area contributed by atoms with E-state index in [9.17, 15) is 4.79 Å². The van der Waals surface area contributed by atoms with Crippen molar-refractivity contribution in [3.8, 4) is 0 Å². The first-order valence-corrected chi connectivity index (χ1v) is 7.99. The lowest BCUT2D eigenvalue weighted by molar-refractivity contribution is -0.148. The number of rotatable bonds is 7. The topological polar surface area (TPSA) is 29.5 Å². The Morgan fingerprint density at radius 2 is 1.74 bits per heavy atom. The zero-order valence-electron chi connectivity index (χ0n) is 13.2. The van der Waals surface area contributed by atoms with Crippen LogP contribution in [0.3, 0.4) is 0 Å². The number of hydrogen-bond donors (Lipinski definition) is 0. The lowest BCUT2D eigenvalue weighted by atomic mass is 9.73. The number of carbonyl (C=O) groups excluding carboxylic acids is 1. The molecule has 3 heteroatoms. The van der Waals surface area contributed by atoms with E-state index in [1.165, 1.54) is 32.1 Å². The van der Waals surface area contributed by atoms with E-state index < -0.39 is 0 Å². The molecule has 0 N–H and O–H groups in total. The van der Waals surface area contributed by atoms with Crippen LogP contribution >= 0.6 is 0 Å². The van der Waals surface area contributed by atoms with Crippen LogP contribution in [0.5, 0.6) is 0 Å². The second-order valence-corrected chi connectivity index (χ2v) is 5.85. The Kier molecular flexibility index (Phi) is 6.84. The van der Waals surface area contributed by atoms with Gasteiger partial charge in [0.05, 0.1) is 13.0 Å². The van der Waals surface area contributed by atoms with E-state index in [2.05, 4.69) is 25.7 Å². The molecule has 112 valence electrons. The molecule has 0 aromatic heterocycles. The molecule has 0 spiro atoms. The van der Waals surface area contributed by atoms with Gasteiger partial charge in [-0.25, -0.2) is 0 Å². The summed E-state index contributed by atoms with van der Waals surface area (Å²) in [7, 11) is 0.